The molecule has 6 heteroatoms. The summed E-state index contributed by atoms with van der Waals surface area (Å²) in [5.74, 6) is -0.396. The van der Waals surface area contributed by atoms with E-state index in [0.717, 1.165) is 9.35 Å². The highest BCUT2D eigenvalue weighted by atomic mass is 79.9. The van der Waals surface area contributed by atoms with E-state index in [1.165, 1.54) is 0 Å². The lowest BCUT2D eigenvalue weighted by Gasteiger charge is -2.17. The molecule has 18 heavy (non-hydrogen) atoms. The summed E-state index contributed by atoms with van der Waals surface area (Å²) in [5.41, 5.74) is 1.54. The molecule has 2 aromatic rings. The first-order chi connectivity index (χ1) is 8.54. The lowest BCUT2D eigenvalue weighted by atomic mass is 10.0. The average Bonchev–Trinajstić information content (AvgIpc) is 2.77. The van der Waals surface area contributed by atoms with Crippen molar-refractivity contribution in [2.75, 3.05) is 7.05 Å². The lowest BCUT2D eigenvalue weighted by molar-refractivity contribution is 0.576. The number of halogens is 4. The molecular formula is C12H9Br2ClFNS. The van der Waals surface area contributed by atoms with Crippen LogP contribution in [0.2, 0.25) is 5.02 Å². The molecule has 0 saturated carbocycles. The molecule has 1 heterocycles. The summed E-state index contributed by atoms with van der Waals surface area (Å²) in [6.07, 6.45) is 0. The molecule has 96 valence electrons. The second-order valence-electron chi connectivity index (χ2n) is 3.67. The van der Waals surface area contributed by atoms with Crippen molar-refractivity contribution in [3.8, 4) is 0 Å². The Morgan fingerprint density at radius 2 is 2.11 bits per heavy atom. The van der Waals surface area contributed by atoms with Crippen molar-refractivity contribution >= 4 is 54.8 Å². The smallest absolute Gasteiger partial charge is 0.148 e. The van der Waals surface area contributed by atoms with E-state index in [1.54, 1.807) is 30.5 Å². The Morgan fingerprint density at radius 3 is 2.67 bits per heavy atom. The maximum absolute atomic E-state index is 14.2. The van der Waals surface area contributed by atoms with Crippen LogP contribution in [0.15, 0.2) is 31.8 Å². The van der Waals surface area contributed by atoms with Crippen molar-refractivity contribution in [1.29, 1.82) is 0 Å². The first-order valence-corrected chi connectivity index (χ1v) is 7.93. The number of benzene rings is 1. The SMILES string of the molecule is CNC(c1csc(Br)c1)c1ccc(Br)c(Cl)c1F. The van der Waals surface area contributed by atoms with Crippen LogP contribution < -0.4 is 5.32 Å². The molecule has 0 aliphatic heterocycles. The molecule has 0 bridgehead atoms. The van der Waals surface area contributed by atoms with E-state index in [1.807, 2.05) is 11.4 Å². The van der Waals surface area contributed by atoms with Gasteiger partial charge in [-0.05, 0) is 62.0 Å². The van der Waals surface area contributed by atoms with E-state index < -0.39 is 5.82 Å². The van der Waals surface area contributed by atoms with Crippen molar-refractivity contribution in [3.63, 3.8) is 0 Å². The summed E-state index contributed by atoms with van der Waals surface area (Å²) in [6, 6.07) is 5.25. The summed E-state index contributed by atoms with van der Waals surface area (Å²) in [5, 5.41) is 5.21. The van der Waals surface area contributed by atoms with Gasteiger partial charge in [-0.2, -0.15) is 0 Å². The molecule has 1 nitrogen and oxygen atoms in total. The fourth-order valence-corrected chi connectivity index (χ4v) is 3.42. The molecule has 0 amide bonds. The van der Waals surface area contributed by atoms with Gasteiger partial charge in [-0.3, -0.25) is 0 Å². The summed E-state index contributed by atoms with van der Waals surface area (Å²) in [4.78, 5) is 0. The Hall–Kier alpha value is 0.0600. The molecule has 1 N–H and O–H groups in total. The molecule has 0 aliphatic rings. The van der Waals surface area contributed by atoms with Crippen LogP contribution in [0.25, 0.3) is 0 Å². The zero-order valence-electron chi connectivity index (χ0n) is 9.31. The molecule has 0 radical (unpaired) electrons. The van der Waals surface area contributed by atoms with Crippen molar-refractivity contribution in [2.45, 2.75) is 6.04 Å². The molecule has 0 aliphatic carbocycles. The monoisotopic (exact) mass is 411 g/mol. The van der Waals surface area contributed by atoms with E-state index in [4.69, 9.17) is 11.6 Å². The van der Waals surface area contributed by atoms with Crippen molar-refractivity contribution in [3.05, 3.63) is 53.8 Å². The number of hydrogen-bond acceptors (Lipinski definition) is 2. The van der Waals surface area contributed by atoms with Gasteiger partial charge in [-0.25, -0.2) is 4.39 Å². The van der Waals surface area contributed by atoms with Crippen LogP contribution in [0.3, 0.4) is 0 Å². The van der Waals surface area contributed by atoms with Crippen LogP contribution >= 0.6 is 54.8 Å². The van der Waals surface area contributed by atoms with Crippen molar-refractivity contribution < 1.29 is 4.39 Å². The average molecular weight is 414 g/mol. The third-order valence-corrected chi connectivity index (χ3v) is 5.37. The molecule has 1 aromatic carbocycles. The molecule has 2 rings (SSSR count). The van der Waals surface area contributed by atoms with Crippen LogP contribution in [0, 0.1) is 5.82 Å². The molecule has 0 fully saturated rings. The van der Waals surface area contributed by atoms with Gasteiger partial charge in [-0.1, -0.05) is 17.7 Å². The second kappa shape index (κ2) is 6.01. The summed E-state index contributed by atoms with van der Waals surface area (Å²) in [7, 11) is 1.80. The lowest BCUT2D eigenvalue weighted by Crippen LogP contribution is -2.18. The highest BCUT2D eigenvalue weighted by Gasteiger charge is 2.20. The summed E-state index contributed by atoms with van der Waals surface area (Å²) in [6.45, 7) is 0. The standard InChI is InChI=1S/C12H9Br2ClFNS/c1-17-12(6-4-9(14)18-5-6)7-2-3-8(13)10(15)11(7)16/h2-5,12,17H,1H3. The minimum Gasteiger partial charge on any atom is -0.309 e. The molecular weight excluding hydrogens is 404 g/mol. The van der Waals surface area contributed by atoms with Crippen LogP contribution in [-0.4, -0.2) is 7.05 Å². The predicted molar refractivity (Wildman–Crippen MR) is 82.0 cm³/mol. The van der Waals surface area contributed by atoms with Crippen LogP contribution in [-0.2, 0) is 0 Å². The van der Waals surface area contributed by atoms with Crippen molar-refractivity contribution in [1.82, 2.24) is 5.32 Å². The van der Waals surface area contributed by atoms with Gasteiger partial charge in [-0.15, -0.1) is 11.3 Å². The maximum Gasteiger partial charge on any atom is 0.148 e. The second-order valence-corrected chi connectivity index (χ2v) is 7.19. The molecule has 0 spiro atoms. The predicted octanol–water partition coefficient (Wildman–Crippen LogP) is 5.37. The first kappa shape index (κ1) is 14.5. The third kappa shape index (κ3) is 2.80. The Kier molecular flexibility index (Phi) is 4.83. The summed E-state index contributed by atoms with van der Waals surface area (Å²) < 4.78 is 15.8. The Labute approximate surface area is 131 Å². The van der Waals surface area contributed by atoms with E-state index >= 15 is 0 Å². The van der Waals surface area contributed by atoms with E-state index in [2.05, 4.69) is 37.2 Å². The van der Waals surface area contributed by atoms with Gasteiger partial charge >= 0.3 is 0 Å². The largest absolute Gasteiger partial charge is 0.309 e. The van der Waals surface area contributed by atoms with Gasteiger partial charge in [0.1, 0.15) is 5.82 Å². The normalized spacial score (nSPS) is 12.7. The van der Waals surface area contributed by atoms with Crippen LogP contribution in [0.4, 0.5) is 4.39 Å². The highest BCUT2D eigenvalue weighted by Crippen LogP contribution is 2.34. The Morgan fingerprint density at radius 1 is 1.39 bits per heavy atom. The van der Waals surface area contributed by atoms with E-state index in [-0.39, 0.29) is 11.1 Å². The summed E-state index contributed by atoms with van der Waals surface area (Å²) >= 11 is 14.1. The highest BCUT2D eigenvalue weighted by molar-refractivity contribution is 9.11. The van der Waals surface area contributed by atoms with Gasteiger partial charge in [0, 0.05) is 10.0 Å². The number of thiophene rings is 1. The molecule has 0 saturated heterocycles. The van der Waals surface area contributed by atoms with Gasteiger partial charge in [0.15, 0.2) is 0 Å². The zero-order valence-corrected chi connectivity index (χ0v) is 14.1. The van der Waals surface area contributed by atoms with Crippen LogP contribution in [0.1, 0.15) is 17.2 Å². The zero-order chi connectivity index (χ0) is 13.3. The van der Waals surface area contributed by atoms with E-state index in [9.17, 15) is 4.39 Å². The van der Waals surface area contributed by atoms with Gasteiger partial charge in [0.2, 0.25) is 0 Å². The Bertz CT molecular complexity index is 573. The fraction of sp³-hybridized carbons (Fsp3) is 0.167. The fourth-order valence-electron chi connectivity index (χ4n) is 1.74. The number of hydrogen-bond donors (Lipinski definition) is 1. The maximum atomic E-state index is 14.2. The Balaban J connectivity index is 2.49. The first-order valence-electron chi connectivity index (χ1n) is 5.09. The third-order valence-electron chi connectivity index (χ3n) is 2.59. The molecule has 1 unspecified atom stereocenters. The van der Waals surface area contributed by atoms with Gasteiger partial charge in [0.05, 0.1) is 14.9 Å². The minimum absolute atomic E-state index is 0.113. The number of rotatable bonds is 3. The van der Waals surface area contributed by atoms with Gasteiger partial charge < -0.3 is 5.32 Å². The minimum atomic E-state index is -0.396. The molecule has 1 atom stereocenters. The van der Waals surface area contributed by atoms with Crippen LogP contribution in [0.5, 0.6) is 0 Å². The topological polar surface area (TPSA) is 12.0 Å². The molecule has 1 aromatic heterocycles. The van der Waals surface area contributed by atoms with Crippen molar-refractivity contribution in [2.24, 2.45) is 0 Å². The number of nitrogens with one attached hydrogen (secondary N) is 1. The van der Waals surface area contributed by atoms with E-state index in [0.29, 0.717) is 10.0 Å². The quantitative estimate of drug-likeness (QED) is 0.667. The van der Waals surface area contributed by atoms with Gasteiger partial charge in [0.25, 0.3) is 0 Å².